The zero-order chi connectivity index (χ0) is 35.8. The van der Waals surface area contributed by atoms with Gasteiger partial charge < -0.3 is 10.2 Å². The second-order valence-electron chi connectivity index (χ2n) is 14.5. The highest BCUT2D eigenvalue weighted by atomic mass is 32.1. The largest absolute Gasteiger partial charge is 0.348 e. The number of fused-ring (bicyclic) bond motifs is 1. The number of aryl methyl sites for hydroxylation is 1. The first kappa shape index (κ1) is 34.6. The quantitative estimate of drug-likeness (QED) is 0.207. The van der Waals surface area contributed by atoms with Crippen molar-refractivity contribution in [3.8, 4) is 16.8 Å². The lowest BCUT2D eigenvalue weighted by molar-refractivity contribution is 0.0917. The van der Waals surface area contributed by atoms with E-state index in [0.717, 1.165) is 54.1 Å². The van der Waals surface area contributed by atoms with E-state index in [1.807, 2.05) is 31.2 Å². The predicted octanol–water partition coefficient (Wildman–Crippen LogP) is 6.09. The first-order valence-corrected chi connectivity index (χ1v) is 19.4. The normalized spacial score (nSPS) is 20.4. The van der Waals surface area contributed by atoms with Gasteiger partial charge in [0.1, 0.15) is 11.5 Å². The lowest BCUT2D eigenvalue weighted by Gasteiger charge is -2.36. The van der Waals surface area contributed by atoms with E-state index < -0.39 is 23.1 Å². The number of hydrogen-bond donors (Lipinski definition) is 1. The smallest absolute Gasteiger partial charge is 0.337 e. The Morgan fingerprint density at radius 2 is 1.65 bits per heavy atom. The molecule has 52 heavy (non-hydrogen) atoms. The molecular formula is C40H44FN7O3S. The second-order valence-corrected chi connectivity index (χ2v) is 15.6. The fraction of sp³-hybridized carbons (Fsp3) is 0.425. The van der Waals surface area contributed by atoms with Gasteiger partial charge in [-0.25, -0.2) is 23.7 Å². The Morgan fingerprint density at radius 1 is 0.904 bits per heavy atom. The fourth-order valence-corrected chi connectivity index (χ4v) is 8.97. The molecule has 5 heterocycles. The minimum Gasteiger partial charge on any atom is -0.348 e. The van der Waals surface area contributed by atoms with E-state index in [-0.39, 0.29) is 23.0 Å². The number of nitrogens with one attached hydrogen (secondary N) is 1. The maximum atomic E-state index is 14.5. The van der Waals surface area contributed by atoms with Gasteiger partial charge in [-0.3, -0.25) is 19.1 Å². The van der Waals surface area contributed by atoms with Crippen LogP contribution in [0.1, 0.15) is 78.5 Å². The molecule has 2 aliphatic heterocycles. The molecule has 0 radical (unpaired) electrons. The molecule has 1 N–H and O–H groups in total. The van der Waals surface area contributed by atoms with Crippen LogP contribution in [0.15, 0.2) is 75.8 Å². The van der Waals surface area contributed by atoms with Crippen LogP contribution in [-0.4, -0.2) is 73.1 Å². The molecule has 2 saturated heterocycles. The summed E-state index contributed by atoms with van der Waals surface area (Å²) in [6, 6.07) is 17.6. The number of benzene rings is 2. The maximum Gasteiger partial charge on any atom is 0.337 e. The summed E-state index contributed by atoms with van der Waals surface area (Å²) in [5, 5.41) is 5.66. The van der Waals surface area contributed by atoms with Crippen LogP contribution in [0, 0.1) is 12.7 Å². The van der Waals surface area contributed by atoms with Gasteiger partial charge in [0.15, 0.2) is 5.65 Å². The number of thiazole rings is 1. The summed E-state index contributed by atoms with van der Waals surface area (Å²) < 4.78 is 17.2. The summed E-state index contributed by atoms with van der Waals surface area (Å²) in [5.74, 6) is -0.864. The van der Waals surface area contributed by atoms with Crippen molar-refractivity contribution in [2.75, 3.05) is 26.2 Å². The Hall–Kier alpha value is -4.52. The molecule has 1 amide bonds. The molecule has 2 aromatic carbocycles. The van der Waals surface area contributed by atoms with Crippen LogP contribution in [0.4, 0.5) is 4.39 Å². The van der Waals surface area contributed by atoms with E-state index in [1.54, 1.807) is 5.38 Å². The van der Waals surface area contributed by atoms with Crippen LogP contribution >= 0.6 is 11.3 Å². The van der Waals surface area contributed by atoms with E-state index in [0.29, 0.717) is 37.1 Å². The lowest BCUT2D eigenvalue weighted by atomic mass is 9.90. The third-order valence-electron chi connectivity index (χ3n) is 11.2. The Balaban J connectivity index is 1.02. The van der Waals surface area contributed by atoms with Crippen molar-refractivity contribution in [1.82, 2.24) is 34.2 Å². The molecule has 0 atom stereocenters. The highest BCUT2D eigenvalue weighted by molar-refractivity contribution is 7.09. The van der Waals surface area contributed by atoms with Gasteiger partial charge in [-0.05, 0) is 119 Å². The van der Waals surface area contributed by atoms with Crippen molar-refractivity contribution in [1.29, 1.82) is 0 Å². The van der Waals surface area contributed by atoms with Gasteiger partial charge in [0.25, 0.3) is 11.5 Å². The predicted molar refractivity (Wildman–Crippen MR) is 202 cm³/mol. The number of piperidine rings is 1. The van der Waals surface area contributed by atoms with Gasteiger partial charge in [0.05, 0.1) is 22.3 Å². The van der Waals surface area contributed by atoms with Crippen LogP contribution < -0.4 is 16.6 Å². The van der Waals surface area contributed by atoms with Crippen molar-refractivity contribution >= 4 is 28.3 Å². The number of rotatable bonds is 8. The van der Waals surface area contributed by atoms with Gasteiger partial charge in [-0.15, -0.1) is 11.3 Å². The number of nitrogens with zero attached hydrogens (tertiary/aromatic N) is 6. The summed E-state index contributed by atoms with van der Waals surface area (Å²) in [7, 11) is 0. The molecule has 3 aliphatic rings. The van der Waals surface area contributed by atoms with Crippen LogP contribution in [0.25, 0.3) is 27.8 Å². The van der Waals surface area contributed by atoms with Crippen molar-refractivity contribution in [3.05, 3.63) is 109 Å². The summed E-state index contributed by atoms with van der Waals surface area (Å²) >= 11 is 1.42. The van der Waals surface area contributed by atoms with E-state index in [4.69, 9.17) is 0 Å². The van der Waals surface area contributed by atoms with Gasteiger partial charge in [0.2, 0.25) is 0 Å². The lowest BCUT2D eigenvalue weighted by Crippen LogP contribution is -2.45. The first-order valence-electron chi connectivity index (χ1n) is 18.5. The zero-order valence-corrected chi connectivity index (χ0v) is 30.3. The molecular weight excluding hydrogens is 678 g/mol. The molecule has 10 nitrogen and oxygen atoms in total. The topological polar surface area (TPSA) is 105 Å². The molecule has 5 aromatic rings. The molecule has 270 valence electrons. The standard InChI is InChI=1S/C40H44FN7O3S/c1-26-43-36(25-52-26)38(49)44-31-11-13-33(14-12-31)48-39(50)35-22-30(41)23-42-37(35)47(40(48)51)34-6-4-5-29(21-34)28-9-7-27(8-10-28)24-45-19-15-32(16-20-45)46-17-2-3-18-46/h4-10,21-23,25,31-33H,2-3,11-20,24H2,1H3,(H,44,49)/t31-,33+. The first-order chi connectivity index (χ1) is 25.3. The molecule has 0 unspecified atom stereocenters. The number of carbonyl (C=O) groups excluding carboxylic acids is 1. The highest BCUT2D eigenvalue weighted by Gasteiger charge is 2.29. The van der Waals surface area contributed by atoms with Crippen molar-refractivity contribution in [3.63, 3.8) is 0 Å². The van der Waals surface area contributed by atoms with E-state index in [1.165, 1.54) is 64.8 Å². The summed E-state index contributed by atoms with van der Waals surface area (Å²) in [4.78, 5) is 54.6. The number of aromatic nitrogens is 4. The van der Waals surface area contributed by atoms with E-state index >= 15 is 0 Å². The molecule has 0 bridgehead atoms. The molecule has 1 aliphatic carbocycles. The molecule has 1 saturated carbocycles. The molecule has 0 spiro atoms. The Bertz CT molecular complexity index is 2190. The number of likely N-dealkylation sites (tertiary alicyclic amines) is 2. The minimum absolute atomic E-state index is 0.0492. The number of amides is 1. The maximum absolute atomic E-state index is 14.5. The van der Waals surface area contributed by atoms with Gasteiger partial charge >= 0.3 is 5.69 Å². The van der Waals surface area contributed by atoms with E-state index in [9.17, 15) is 18.8 Å². The molecule has 3 aromatic heterocycles. The molecule has 3 fully saturated rings. The third kappa shape index (κ3) is 7.11. The number of carbonyl (C=O) groups is 1. The number of halogens is 1. The average Bonchev–Trinajstić information content (AvgIpc) is 3.86. The molecule has 8 rings (SSSR count). The third-order valence-corrected chi connectivity index (χ3v) is 11.9. The summed E-state index contributed by atoms with van der Waals surface area (Å²) in [6.07, 6.45) is 8.39. The monoisotopic (exact) mass is 721 g/mol. The van der Waals surface area contributed by atoms with E-state index in [2.05, 4.69) is 49.4 Å². The summed E-state index contributed by atoms with van der Waals surface area (Å²) in [5.41, 5.74) is 3.20. The summed E-state index contributed by atoms with van der Waals surface area (Å²) in [6.45, 7) is 7.55. The number of hydrogen-bond acceptors (Lipinski definition) is 8. The van der Waals surface area contributed by atoms with Gasteiger partial charge in [0, 0.05) is 30.1 Å². The minimum atomic E-state index is -0.644. The van der Waals surface area contributed by atoms with Crippen LogP contribution in [0.2, 0.25) is 0 Å². The average molecular weight is 722 g/mol. The SMILES string of the molecule is Cc1nc(C(=O)N[C@H]2CC[C@@H](n3c(=O)c4cc(F)cnc4n(-c4cccc(-c5ccc(CN6CCC(N7CCCC7)CC6)cc5)c4)c3=O)CC2)cs1. The van der Waals surface area contributed by atoms with Crippen LogP contribution in [0.3, 0.4) is 0 Å². The second kappa shape index (κ2) is 14.8. The Morgan fingerprint density at radius 3 is 2.37 bits per heavy atom. The van der Waals surface area contributed by atoms with Crippen LogP contribution in [-0.2, 0) is 6.54 Å². The fourth-order valence-electron chi connectivity index (χ4n) is 8.38. The van der Waals surface area contributed by atoms with Crippen LogP contribution in [0.5, 0.6) is 0 Å². The Labute approximate surface area is 305 Å². The molecule has 12 heteroatoms. The van der Waals surface area contributed by atoms with Crippen molar-refractivity contribution < 1.29 is 9.18 Å². The van der Waals surface area contributed by atoms with Gasteiger partial charge in [-0.1, -0.05) is 36.4 Å². The zero-order valence-electron chi connectivity index (χ0n) is 29.5. The number of pyridine rings is 1. The Kier molecular flexibility index (Phi) is 9.86. The van der Waals surface area contributed by atoms with Gasteiger partial charge in [-0.2, -0.15) is 0 Å². The highest BCUT2D eigenvalue weighted by Crippen LogP contribution is 2.29. The van der Waals surface area contributed by atoms with Crippen molar-refractivity contribution in [2.24, 2.45) is 0 Å². The van der Waals surface area contributed by atoms with Crippen molar-refractivity contribution in [2.45, 2.75) is 83.0 Å².